The van der Waals surface area contributed by atoms with Crippen molar-refractivity contribution in [2.45, 2.75) is 19.9 Å². The van der Waals surface area contributed by atoms with Gasteiger partial charge in [0.1, 0.15) is 5.70 Å². The molecule has 4 aromatic rings. The fourth-order valence-electron chi connectivity index (χ4n) is 3.66. The molecule has 0 bridgehead atoms. The smallest absolute Gasteiger partial charge is 0.268 e. The van der Waals surface area contributed by atoms with Crippen molar-refractivity contribution in [3.05, 3.63) is 135 Å². The molecule has 4 rings (SSSR count). The van der Waals surface area contributed by atoms with Crippen LogP contribution in [0.25, 0.3) is 6.08 Å². The van der Waals surface area contributed by atoms with Crippen LogP contribution in [-0.4, -0.2) is 11.8 Å². The predicted octanol–water partition coefficient (Wildman–Crippen LogP) is 6.04. The van der Waals surface area contributed by atoms with E-state index in [0.29, 0.717) is 5.56 Å². The van der Waals surface area contributed by atoms with Gasteiger partial charge in [-0.3, -0.25) is 9.59 Å². The Morgan fingerprint density at radius 1 is 0.794 bits per heavy atom. The third-order valence-corrected chi connectivity index (χ3v) is 6.35. The minimum Gasteiger partial charge on any atom is -0.340 e. The average Bonchev–Trinajstić information content (AvgIpc) is 3.36. The van der Waals surface area contributed by atoms with Crippen LogP contribution in [0.4, 0.5) is 0 Å². The third-order valence-electron chi connectivity index (χ3n) is 5.53. The molecule has 3 aromatic carbocycles. The number of aryl methyl sites for hydroxylation is 2. The lowest BCUT2D eigenvalue weighted by atomic mass is 9.97. The second-order valence-electron chi connectivity index (χ2n) is 8.07. The molecule has 5 heteroatoms. The molecule has 2 N–H and O–H groups in total. The lowest BCUT2D eigenvalue weighted by Gasteiger charge is -2.21. The summed E-state index contributed by atoms with van der Waals surface area (Å²) in [6.45, 7) is 3.91. The van der Waals surface area contributed by atoms with Crippen LogP contribution in [0.3, 0.4) is 0 Å². The molecular formula is C29H26N2O2S. The van der Waals surface area contributed by atoms with Crippen LogP contribution in [0, 0.1) is 13.8 Å². The van der Waals surface area contributed by atoms with Crippen LogP contribution in [0.1, 0.15) is 43.5 Å². The molecule has 0 spiro atoms. The quantitative estimate of drug-likeness (QED) is 0.326. The zero-order chi connectivity index (χ0) is 23.9. The van der Waals surface area contributed by atoms with Gasteiger partial charge in [-0.15, -0.1) is 11.3 Å². The monoisotopic (exact) mass is 466 g/mol. The normalized spacial score (nSPS) is 12.1. The van der Waals surface area contributed by atoms with Gasteiger partial charge in [0.25, 0.3) is 11.8 Å². The average molecular weight is 467 g/mol. The molecule has 0 fully saturated rings. The number of carbonyl (C=O) groups is 2. The van der Waals surface area contributed by atoms with Crippen molar-refractivity contribution < 1.29 is 9.59 Å². The van der Waals surface area contributed by atoms with Gasteiger partial charge in [0, 0.05) is 10.4 Å². The number of benzene rings is 3. The molecule has 34 heavy (non-hydrogen) atoms. The summed E-state index contributed by atoms with van der Waals surface area (Å²) in [6, 6.07) is 28.7. The number of rotatable bonds is 7. The van der Waals surface area contributed by atoms with E-state index >= 15 is 0 Å². The maximum absolute atomic E-state index is 13.6. The van der Waals surface area contributed by atoms with E-state index in [-0.39, 0.29) is 23.6 Å². The first-order chi connectivity index (χ1) is 16.5. The fraction of sp³-hybridized carbons (Fsp3) is 0.103. The van der Waals surface area contributed by atoms with Crippen molar-refractivity contribution in [1.82, 2.24) is 10.6 Å². The molecule has 0 aliphatic heterocycles. The van der Waals surface area contributed by atoms with E-state index in [9.17, 15) is 9.59 Å². The van der Waals surface area contributed by atoms with Crippen molar-refractivity contribution in [3.63, 3.8) is 0 Å². The summed E-state index contributed by atoms with van der Waals surface area (Å²) < 4.78 is 0. The minimum absolute atomic E-state index is 0.198. The van der Waals surface area contributed by atoms with Gasteiger partial charge < -0.3 is 10.6 Å². The first kappa shape index (κ1) is 23.2. The Labute approximate surface area is 204 Å². The van der Waals surface area contributed by atoms with Gasteiger partial charge in [-0.25, -0.2) is 0 Å². The Bertz CT molecular complexity index is 1290. The number of hydrogen-bond acceptors (Lipinski definition) is 3. The fourth-order valence-corrected chi connectivity index (χ4v) is 4.32. The van der Waals surface area contributed by atoms with Gasteiger partial charge in [-0.05, 0) is 54.1 Å². The van der Waals surface area contributed by atoms with Crippen molar-refractivity contribution in [1.29, 1.82) is 0 Å². The van der Waals surface area contributed by atoms with E-state index in [1.54, 1.807) is 12.1 Å². The molecule has 0 saturated heterocycles. The van der Waals surface area contributed by atoms with E-state index in [0.717, 1.165) is 27.1 Å². The van der Waals surface area contributed by atoms with Gasteiger partial charge in [-0.2, -0.15) is 0 Å². The highest BCUT2D eigenvalue weighted by atomic mass is 32.1. The summed E-state index contributed by atoms with van der Waals surface area (Å²) in [4.78, 5) is 27.5. The molecule has 0 unspecified atom stereocenters. The molecule has 0 aliphatic carbocycles. The van der Waals surface area contributed by atoms with Gasteiger partial charge >= 0.3 is 0 Å². The van der Waals surface area contributed by atoms with Crippen LogP contribution < -0.4 is 10.6 Å². The predicted molar refractivity (Wildman–Crippen MR) is 139 cm³/mol. The lowest BCUT2D eigenvalue weighted by molar-refractivity contribution is -0.118. The summed E-state index contributed by atoms with van der Waals surface area (Å²) in [5.41, 5.74) is 4.64. The van der Waals surface area contributed by atoms with Crippen LogP contribution in [0.5, 0.6) is 0 Å². The van der Waals surface area contributed by atoms with E-state index in [1.165, 1.54) is 11.3 Å². The SMILES string of the molecule is Cc1ccc([C@@H](NC(=O)/C(=C/c2cccs2)NC(=O)c2ccccc2C)c2ccccc2)cc1. The van der Waals surface area contributed by atoms with Gasteiger partial charge in [0.2, 0.25) is 0 Å². The molecule has 4 nitrogen and oxygen atoms in total. The van der Waals surface area contributed by atoms with E-state index < -0.39 is 0 Å². The second kappa shape index (κ2) is 10.8. The molecule has 2 amide bonds. The highest BCUT2D eigenvalue weighted by Crippen LogP contribution is 2.23. The summed E-state index contributed by atoms with van der Waals surface area (Å²) in [7, 11) is 0. The molecule has 1 atom stereocenters. The lowest BCUT2D eigenvalue weighted by Crippen LogP contribution is -2.37. The Hall–Kier alpha value is -3.96. The zero-order valence-electron chi connectivity index (χ0n) is 19.1. The highest BCUT2D eigenvalue weighted by Gasteiger charge is 2.21. The molecule has 0 saturated carbocycles. The van der Waals surface area contributed by atoms with E-state index in [1.807, 2.05) is 104 Å². The van der Waals surface area contributed by atoms with Gasteiger partial charge in [0.05, 0.1) is 6.04 Å². The number of carbonyl (C=O) groups excluding carboxylic acids is 2. The summed E-state index contributed by atoms with van der Waals surface area (Å²) in [6.07, 6.45) is 1.72. The molecule has 170 valence electrons. The first-order valence-corrected chi connectivity index (χ1v) is 11.9. The largest absolute Gasteiger partial charge is 0.340 e. The van der Waals surface area contributed by atoms with Crippen LogP contribution in [0.2, 0.25) is 0 Å². The Morgan fingerprint density at radius 2 is 1.47 bits per heavy atom. The summed E-state index contributed by atoms with van der Waals surface area (Å²) in [5, 5.41) is 7.92. The highest BCUT2D eigenvalue weighted by molar-refractivity contribution is 7.10. The molecule has 0 aliphatic rings. The Morgan fingerprint density at radius 3 is 2.15 bits per heavy atom. The van der Waals surface area contributed by atoms with Gasteiger partial charge in [-0.1, -0.05) is 84.4 Å². The van der Waals surface area contributed by atoms with Gasteiger partial charge in [0.15, 0.2) is 0 Å². The topological polar surface area (TPSA) is 58.2 Å². The van der Waals surface area contributed by atoms with Crippen molar-refractivity contribution in [2.24, 2.45) is 0 Å². The van der Waals surface area contributed by atoms with Crippen molar-refractivity contribution in [3.8, 4) is 0 Å². The molecular weight excluding hydrogens is 440 g/mol. The third kappa shape index (κ3) is 5.69. The number of nitrogens with one attached hydrogen (secondary N) is 2. The van der Waals surface area contributed by atoms with Crippen molar-refractivity contribution in [2.75, 3.05) is 0 Å². The Kier molecular flexibility index (Phi) is 7.35. The van der Waals surface area contributed by atoms with Crippen LogP contribution >= 0.6 is 11.3 Å². The van der Waals surface area contributed by atoms with E-state index in [2.05, 4.69) is 10.6 Å². The first-order valence-electron chi connectivity index (χ1n) is 11.1. The standard InChI is InChI=1S/C29H26N2O2S/c1-20-14-16-23(17-15-20)27(22-10-4-3-5-11-22)31-29(33)26(19-24-12-8-18-34-24)30-28(32)25-13-7-6-9-21(25)2/h3-19,27H,1-2H3,(H,30,32)(H,31,33)/b26-19-/t27-/m0/s1. The Balaban J connectivity index is 1.66. The molecule has 0 radical (unpaired) electrons. The zero-order valence-corrected chi connectivity index (χ0v) is 19.9. The van der Waals surface area contributed by atoms with Crippen LogP contribution in [-0.2, 0) is 4.79 Å². The summed E-state index contributed by atoms with van der Waals surface area (Å²) >= 11 is 1.50. The number of amides is 2. The maximum Gasteiger partial charge on any atom is 0.268 e. The second-order valence-corrected chi connectivity index (χ2v) is 9.05. The van der Waals surface area contributed by atoms with E-state index in [4.69, 9.17) is 0 Å². The molecule has 1 aromatic heterocycles. The summed E-state index contributed by atoms with van der Waals surface area (Å²) in [5.74, 6) is -0.674. The maximum atomic E-state index is 13.6. The van der Waals surface area contributed by atoms with Crippen molar-refractivity contribution >= 4 is 29.2 Å². The minimum atomic E-state index is -0.364. The van der Waals surface area contributed by atoms with Crippen LogP contribution in [0.15, 0.2) is 102 Å². The number of hydrogen-bond donors (Lipinski definition) is 2. The molecule has 1 heterocycles. The number of thiophene rings is 1.